The zero-order valence-electron chi connectivity index (χ0n) is 11.5. The lowest BCUT2D eigenvalue weighted by Crippen LogP contribution is -2.31. The molecule has 2 rings (SSSR count). The third kappa shape index (κ3) is 5.04. The topological polar surface area (TPSA) is 79.5 Å². The van der Waals surface area contributed by atoms with Gasteiger partial charge in [-0.1, -0.05) is 0 Å². The highest BCUT2D eigenvalue weighted by Crippen LogP contribution is 2.28. The molecule has 0 aliphatic heterocycles. The van der Waals surface area contributed by atoms with E-state index in [9.17, 15) is 9.59 Å². The van der Waals surface area contributed by atoms with Crippen LogP contribution in [0.5, 0.6) is 0 Å². The second kappa shape index (κ2) is 7.45. The third-order valence-corrected chi connectivity index (χ3v) is 4.18. The normalized spacial score (nSPS) is 22.3. The van der Waals surface area contributed by atoms with E-state index in [0.717, 1.165) is 12.8 Å². The highest BCUT2D eigenvalue weighted by atomic mass is 79.9. The first-order valence-corrected chi connectivity index (χ1v) is 7.78. The first-order valence-electron chi connectivity index (χ1n) is 6.98. The highest BCUT2D eigenvalue weighted by Gasteiger charge is 2.25. The van der Waals surface area contributed by atoms with Crippen molar-refractivity contribution in [3.63, 3.8) is 0 Å². The van der Waals surface area contributed by atoms with Crippen molar-refractivity contribution < 1.29 is 19.1 Å². The Morgan fingerprint density at radius 1 is 1.33 bits per heavy atom. The lowest BCUT2D eigenvalue weighted by molar-refractivity contribution is -0.143. The fourth-order valence-electron chi connectivity index (χ4n) is 2.49. The van der Waals surface area contributed by atoms with E-state index in [-0.39, 0.29) is 11.8 Å². The molecule has 6 heteroatoms. The van der Waals surface area contributed by atoms with Gasteiger partial charge >= 0.3 is 5.97 Å². The van der Waals surface area contributed by atoms with Crippen molar-refractivity contribution >= 4 is 33.9 Å². The zero-order chi connectivity index (χ0) is 15.2. The largest absolute Gasteiger partial charge is 0.481 e. The van der Waals surface area contributed by atoms with Crippen LogP contribution in [0.25, 0.3) is 6.08 Å². The van der Waals surface area contributed by atoms with Gasteiger partial charge in [-0.2, -0.15) is 0 Å². The summed E-state index contributed by atoms with van der Waals surface area (Å²) in [6, 6.07) is 3.53. The Hall–Kier alpha value is -1.56. The number of aliphatic carboxylic acids is 1. The molecule has 0 unspecified atom stereocenters. The minimum absolute atomic E-state index is 0.164. The summed E-state index contributed by atoms with van der Waals surface area (Å²) >= 11 is 3.19. The fourth-order valence-corrected chi connectivity index (χ4v) is 2.81. The summed E-state index contributed by atoms with van der Waals surface area (Å²) in [5, 5.41) is 11.8. The standard InChI is InChI=1S/C15H18BrNO4/c16-13-7-5-12(21-13)6-8-14(18)17-9-10-1-3-11(4-2-10)15(19)20/h5-8,10-11H,1-4,9H2,(H,17,18)(H,19,20)/b8-6+. The average molecular weight is 356 g/mol. The molecule has 0 aromatic carbocycles. The molecule has 0 saturated heterocycles. The number of halogens is 1. The van der Waals surface area contributed by atoms with Crippen LogP contribution in [0.3, 0.4) is 0 Å². The summed E-state index contributed by atoms with van der Waals surface area (Å²) in [5.74, 6) is -0.100. The maximum atomic E-state index is 11.7. The molecule has 0 bridgehead atoms. The van der Waals surface area contributed by atoms with Crippen LogP contribution in [0.15, 0.2) is 27.3 Å². The van der Waals surface area contributed by atoms with Gasteiger partial charge in [0.05, 0.1) is 5.92 Å². The number of carboxylic acids is 1. The Bertz CT molecular complexity index is 530. The smallest absolute Gasteiger partial charge is 0.306 e. The van der Waals surface area contributed by atoms with Gasteiger partial charge in [0, 0.05) is 12.6 Å². The van der Waals surface area contributed by atoms with Gasteiger partial charge in [-0.15, -0.1) is 0 Å². The van der Waals surface area contributed by atoms with E-state index < -0.39 is 5.97 Å². The molecule has 0 spiro atoms. The van der Waals surface area contributed by atoms with Crippen LogP contribution < -0.4 is 5.32 Å². The number of carbonyl (C=O) groups is 2. The van der Waals surface area contributed by atoms with Gasteiger partial charge in [-0.05, 0) is 65.7 Å². The van der Waals surface area contributed by atoms with E-state index >= 15 is 0 Å². The lowest BCUT2D eigenvalue weighted by atomic mass is 9.82. The molecule has 21 heavy (non-hydrogen) atoms. The van der Waals surface area contributed by atoms with Crippen molar-refractivity contribution in [1.29, 1.82) is 0 Å². The van der Waals surface area contributed by atoms with Crippen molar-refractivity contribution in [3.8, 4) is 0 Å². The maximum Gasteiger partial charge on any atom is 0.306 e. The summed E-state index contributed by atoms with van der Waals surface area (Å²) in [6.07, 6.45) is 6.16. The average Bonchev–Trinajstić information content (AvgIpc) is 2.89. The van der Waals surface area contributed by atoms with E-state index in [4.69, 9.17) is 9.52 Å². The number of nitrogens with one attached hydrogen (secondary N) is 1. The summed E-state index contributed by atoms with van der Waals surface area (Å²) in [7, 11) is 0. The molecule has 1 aliphatic rings. The molecule has 1 aliphatic carbocycles. The highest BCUT2D eigenvalue weighted by molar-refractivity contribution is 9.10. The Labute approximate surface area is 131 Å². The summed E-state index contributed by atoms with van der Waals surface area (Å²) < 4.78 is 5.88. The van der Waals surface area contributed by atoms with Crippen LogP contribution in [-0.4, -0.2) is 23.5 Å². The van der Waals surface area contributed by atoms with Gasteiger partial charge in [-0.3, -0.25) is 9.59 Å². The Morgan fingerprint density at radius 3 is 2.62 bits per heavy atom. The van der Waals surface area contributed by atoms with Gasteiger partial charge in [0.2, 0.25) is 5.91 Å². The molecule has 1 aromatic heterocycles. The fraction of sp³-hybridized carbons (Fsp3) is 0.467. The van der Waals surface area contributed by atoms with E-state index in [0.29, 0.717) is 35.7 Å². The molecule has 1 saturated carbocycles. The molecule has 1 fully saturated rings. The first kappa shape index (κ1) is 15.8. The van der Waals surface area contributed by atoms with Crippen molar-refractivity contribution in [3.05, 3.63) is 28.6 Å². The second-order valence-electron chi connectivity index (χ2n) is 5.28. The van der Waals surface area contributed by atoms with Crippen LogP contribution in [0, 0.1) is 11.8 Å². The molecular formula is C15H18BrNO4. The van der Waals surface area contributed by atoms with Crippen molar-refractivity contribution in [2.75, 3.05) is 6.54 Å². The van der Waals surface area contributed by atoms with Gasteiger partial charge in [0.1, 0.15) is 5.76 Å². The SMILES string of the molecule is O=C(/C=C/c1ccc(Br)o1)NCC1CCC(C(=O)O)CC1. The van der Waals surface area contributed by atoms with Crippen LogP contribution in [0.2, 0.25) is 0 Å². The number of carbonyl (C=O) groups excluding carboxylic acids is 1. The molecule has 0 radical (unpaired) electrons. The number of hydrogen-bond acceptors (Lipinski definition) is 3. The zero-order valence-corrected chi connectivity index (χ0v) is 13.1. The van der Waals surface area contributed by atoms with Crippen LogP contribution in [0.4, 0.5) is 0 Å². The molecule has 1 aromatic rings. The number of amides is 1. The number of carboxylic acid groups (broad SMARTS) is 1. The summed E-state index contributed by atoms with van der Waals surface area (Å²) in [6.45, 7) is 0.595. The van der Waals surface area contributed by atoms with Gasteiger partial charge in [0.25, 0.3) is 0 Å². The van der Waals surface area contributed by atoms with E-state index in [1.54, 1.807) is 18.2 Å². The Morgan fingerprint density at radius 2 is 2.05 bits per heavy atom. The van der Waals surface area contributed by atoms with Gasteiger partial charge < -0.3 is 14.8 Å². The van der Waals surface area contributed by atoms with E-state index in [1.165, 1.54) is 6.08 Å². The molecule has 114 valence electrons. The van der Waals surface area contributed by atoms with Crippen LogP contribution in [0.1, 0.15) is 31.4 Å². The summed E-state index contributed by atoms with van der Waals surface area (Å²) in [5.41, 5.74) is 0. The Kier molecular flexibility index (Phi) is 5.61. The van der Waals surface area contributed by atoms with Gasteiger partial charge in [0.15, 0.2) is 4.67 Å². The maximum absolute atomic E-state index is 11.7. The Balaban J connectivity index is 1.70. The van der Waals surface area contributed by atoms with E-state index in [2.05, 4.69) is 21.2 Å². The summed E-state index contributed by atoms with van der Waals surface area (Å²) in [4.78, 5) is 22.6. The first-order chi connectivity index (χ1) is 10.0. The van der Waals surface area contributed by atoms with Gasteiger partial charge in [-0.25, -0.2) is 0 Å². The van der Waals surface area contributed by atoms with Crippen LogP contribution >= 0.6 is 15.9 Å². The number of rotatable bonds is 5. The predicted molar refractivity (Wildman–Crippen MR) is 81.5 cm³/mol. The molecular weight excluding hydrogens is 338 g/mol. The number of furan rings is 1. The van der Waals surface area contributed by atoms with Crippen molar-refractivity contribution in [2.45, 2.75) is 25.7 Å². The molecule has 1 heterocycles. The number of hydrogen-bond donors (Lipinski definition) is 2. The molecule has 1 amide bonds. The quantitative estimate of drug-likeness (QED) is 0.795. The third-order valence-electron chi connectivity index (χ3n) is 3.75. The second-order valence-corrected chi connectivity index (χ2v) is 6.06. The van der Waals surface area contributed by atoms with Crippen molar-refractivity contribution in [1.82, 2.24) is 5.32 Å². The minimum Gasteiger partial charge on any atom is -0.481 e. The predicted octanol–water partition coefficient (Wildman–Crippen LogP) is 3.06. The monoisotopic (exact) mass is 355 g/mol. The van der Waals surface area contributed by atoms with E-state index in [1.807, 2.05) is 0 Å². The molecule has 2 N–H and O–H groups in total. The molecule has 5 nitrogen and oxygen atoms in total. The molecule has 0 atom stereocenters. The van der Waals surface area contributed by atoms with Crippen LogP contribution in [-0.2, 0) is 9.59 Å². The lowest BCUT2D eigenvalue weighted by Gasteiger charge is -2.25. The van der Waals surface area contributed by atoms with Crippen molar-refractivity contribution in [2.24, 2.45) is 11.8 Å². The minimum atomic E-state index is -0.704.